The highest BCUT2D eigenvalue weighted by Crippen LogP contribution is 2.06. The molecule has 1 rings (SSSR count). The molecule has 0 aliphatic heterocycles. The highest BCUT2D eigenvalue weighted by molar-refractivity contribution is 5.39. The average Bonchev–Trinajstić information content (AvgIpc) is 2.52. The second-order valence-electron chi connectivity index (χ2n) is 3.09. The quantitative estimate of drug-likeness (QED) is 0.749. The number of hydrogen-bond donors (Lipinski definition) is 1. The number of ether oxygens (including phenoxy) is 1. The molecule has 0 amide bonds. The fraction of sp³-hybridized carbons (Fsp3) is 0.667. The Morgan fingerprint density at radius 3 is 3.00 bits per heavy atom. The molecule has 0 fully saturated rings. The number of aryl methyl sites for hydroxylation is 1. The van der Waals surface area contributed by atoms with Gasteiger partial charge < -0.3 is 10.1 Å². The maximum atomic E-state index is 5.02. The van der Waals surface area contributed by atoms with E-state index >= 15 is 0 Å². The summed E-state index contributed by atoms with van der Waals surface area (Å²) < 4.78 is 6.91. The summed E-state index contributed by atoms with van der Waals surface area (Å²) in [6.07, 6.45) is 3.82. The Labute approximate surface area is 78.9 Å². The van der Waals surface area contributed by atoms with Crippen molar-refractivity contribution in [2.45, 2.75) is 26.4 Å². The largest absolute Gasteiger partial charge is 0.383 e. The molecule has 1 N–H and O–H groups in total. The Bertz CT molecular complexity index is 247. The summed E-state index contributed by atoms with van der Waals surface area (Å²) >= 11 is 0. The topological polar surface area (TPSA) is 39.1 Å². The molecule has 4 nitrogen and oxygen atoms in total. The second kappa shape index (κ2) is 4.87. The molecule has 0 aromatic carbocycles. The van der Waals surface area contributed by atoms with Crippen LogP contribution in [0.3, 0.4) is 0 Å². The summed E-state index contributed by atoms with van der Waals surface area (Å²) in [4.78, 5) is 0. The van der Waals surface area contributed by atoms with Crippen LogP contribution in [0.1, 0.15) is 13.8 Å². The summed E-state index contributed by atoms with van der Waals surface area (Å²) in [5.74, 6) is 0. The van der Waals surface area contributed by atoms with E-state index in [-0.39, 0.29) is 0 Å². The minimum Gasteiger partial charge on any atom is -0.383 e. The van der Waals surface area contributed by atoms with Crippen molar-refractivity contribution >= 4 is 5.69 Å². The molecule has 0 radical (unpaired) electrons. The molecule has 0 saturated heterocycles. The standard InChI is InChI=1S/C9H17N3O/c1-4-12-6-9(5-10-12)11-8(2)7-13-3/h5-6,8,11H,4,7H2,1-3H3/t8-/m0/s1. The maximum absolute atomic E-state index is 5.02. The van der Waals surface area contributed by atoms with E-state index in [4.69, 9.17) is 4.74 Å². The smallest absolute Gasteiger partial charge is 0.0729 e. The first-order valence-electron chi connectivity index (χ1n) is 4.54. The molecule has 1 aromatic heterocycles. The summed E-state index contributed by atoms with van der Waals surface area (Å²) in [7, 11) is 1.70. The van der Waals surface area contributed by atoms with Crippen LogP contribution in [0.2, 0.25) is 0 Å². The lowest BCUT2D eigenvalue weighted by atomic mass is 10.3. The number of nitrogens with one attached hydrogen (secondary N) is 1. The van der Waals surface area contributed by atoms with Gasteiger partial charge in [0.25, 0.3) is 0 Å². The maximum Gasteiger partial charge on any atom is 0.0729 e. The zero-order valence-electron chi connectivity index (χ0n) is 8.45. The van der Waals surface area contributed by atoms with Crippen molar-refractivity contribution in [1.82, 2.24) is 9.78 Å². The molecule has 4 heteroatoms. The van der Waals surface area contributed by atoms with Gasteiger partial charge >= 0.3 is 0 Å². The van der Waals surface area contributed by atoms with Crippen molar-refractivity contribution in [2.75, 3.05) is 19.0 Å². The van der Waals surface area contributed by atoms with Gasteiger partial charge in [-0.25, -0.2) is 0 Å². The van der Waals surface area contributed by atoms with E-state index in [0.717, 1.165) is 12.2 Å². The van der Waals surface area contributed by atoms with Gasteiger partial charge in [0.15, 0.2) is 0 Å². The van der Waals surface area contributed by atoms with Gasteiger partial charge in [-0.05, 0) is 13.8 Å². The molecule has 13 heavy (non-hydrogen) atoms. The molecule has 0 spiro atoms. The second-order valence-corrected chi connectivity index (χ2v) is 3.09. The molecule has 1 atom stereocenters. The van der Waals surface area contributed by atoms with Gasteiger partial charge in [-0.2, -0.15) is 5.10 Å². The van der Waals surface area contributed by atoms with Crippen molar-refractivity contribution in [3.63, 3.8) is 0 Å². The minimum atomic E-state index is 0.319. The SMILES string of the molecule is CCn1cc(N[C@@H](C)COC)cn1. The number of anilines is 1. The Hall–Kier alpha value is -1.03. The molecule has 0 bridgehead atoms. The van der Waals surface area contributed by atoms with Gasteiger partial charge in [0.05, 0.1) is 18.5 Å². The van der Waals surface area contributed by atoms with Gasteiger partial charge in [-0.15, -0.1) is 0 Å². The highest BCUT2D eigenvalue weighted by atomic mass is 16.5. The zero-order valence-corrected chi connectivity index (χ0v) is 8.45. The molecule has 1 aromatic rings. The molecular formula is C9H17N3O. The van der Waals surface area contributed by atoms with E-state index in [9.17, 15) is 0 Å². The number of nitrogens with zero attached hydrogens (tertiary/aromatic N) is 2. The van der Waals surface area contributed by atoms with Crippen molar-refractivity contribution in [2.24, 2.45) is 0 Å². The first kappa shape index (κ1) is 10.1. The molecule has 0 aliphatic rings. The molecule has 1 heterocycles. The van der Waals surface area contributed by atoms with Gasteiger partial charge in [-0.1, -0.05) is 0 Å². The van der Waals surface area contributed by atoms with Gasteiger partial charge in [0, 0.05) is 25.9 Å². The van der Waals surface area contributed by atoms with E-state index < -0.39 is 0 Å². The predicted molar refractivity (Wildman–Crippen MR) is 52.9 cm³/mol. The van der Waals surface area contributed by atoms with Crippen molar-refractivity contribution in [3.8, 4) is 0 Å². The fourth-order valence-electron chi connectivity index (χ4n) is 1.19. The number of hydrogen-bond acceptors (Lipinski definition) is 3. The lowest BCUT2D eigenvalue weighted by Crippen LogP contribution is -2.20. The Balaban J connectivity index is 2.44. The lowest BCUT2D eigenvalue weighted by molar-refractivity contribution is 0.190. The third-order valence-electron chi connectivity index (χ3n) is 1.79. The minimum absolute atomic E-state index is 0.319. The summed E-state index contributed by atoms with van der Waals surface area (Å²) in [6, 6.07) is 0.319. The van der Waals surface area contributed by atoms with Gasteiger partial charge in [-0.3, -0.25) is 4.68 Å². The molecule has 0 aliphatic carbocycles. The van der Waals surface area contributed by atoms with Crippen LogP contribution < -0.4 is 5.32 Å². The summed E-state index contributed by atoms with van der Waals surface area (Å²) in [5, 5.41) is 7.45. The van der Waals surface area contributed by atoms with Gasteiger partial charge in [0.1, 0.15) is 0 Å². The normalized spacial score (nSPS) is 12.8. The van der Waals surface area contributed by atoms with Crippen LogP contribution in [0.15, 0.2) is 12.4 Å². The Kier molecular flexibility index (Phi) is 3.76. The Morgan fingerprint density at radius 2 is 2.46 bits per heavy atom. The van der Waals surface area contributed by atoms with E-state index in [2.05, 4.69) is 24.3 Å². The monoisotopic (exact) mass is 183 g/mol. The van der Waals surface area contributed by atoms with Crippen LogP contribution in [0.4, 0.5) is 5.69 Å². The van der Waals surface area contributed by atoms with E-state index in [0.29, 0.717) is 12.6 Å². The predicted octanol–water partition coefficient (Wildman–Crippen LogP) is 1.35. The first-order valence-corrected chi connectivity index (χ1v) is 4.54. The summed E-state index contributed by atoms with van der Waals surface area (Å²) in [6.45, 7) is 5.75. The van der Waals surface area contributed by atoms with Gasteiger partial charge in [0.2, 0.25) is 0 Å². The van der Waals surface area contributed by atoms with Crippen LogP contribution in [0.5, 0.6) is 0 Å². The summed E-state index contributed by atoms with van der Waals surface area (Å²) in [5.41, 5.74) is 1.05. The lowest BCUT2D eigenvalue weighted by Gasteiger charge is -2.11. The van der Waals surface area contributed by atoms with E-state index in [1.54, 1.807) is 7.11 Å². The first-order chi connectivity index (χ1) is 6.26. The van der Waals surface area contributed by atoms with Crippen LogP contribution in [-0.4, -0.2) is 29.5 Å². The zero-order chi connectivity index (χ0) is 9.68. The fourth-order valence-corrected chi connectivity index (χ4v) is 1.19. The molecular weight excluding hydrogens is 166 g/mol. The molecule has 0 unspecified atom stereocenters. The number of rotatable bonds is 5. The van der Waals surface area contributed by atoms with Crippen LogP contribution in [0, 0.1) is 0 Å². The van der Waals surface area contributed by atoms with Crippen LogP contribution in [0.25, 0.3) is 0 Å². The third-order valence-corrected chi connectivity index (χ3v) is 1.79. The van der Waals surface area contributed by atoms with Crippen molar-refractivity contribution in [3.05, 3.63) is 12.4 Å². The molecule has 74 valence electrons. The average molecular weight is 183 g/mol. The van der Waals surface area contributed by atoms with Crippen LogP contribution in [-0.2, 0) is 11.3 Å². The third kappa shape index (κ3) is 3.06. The highest BCUT2D eigenvalue weighted by Gasteiger charge is 2.02. The van der Waals surface area contributed by atoms with Crippen molar-refractivity contribution in [1.29, 1.82) is 0 Å². The Morgan fingerprint density at radius 1 is 1.69 bits per heavy atom. The van der Waals surface area contributed by atoms with E-state index in [1.165, 1.54) is 0 Å². The molecule has 0 saturated carbocycles. The van der Waals surface area contributed by atoms with Crippen molar-refractivity contribution < 1.29 is 4.74 Å². The van der Waals surface area contributed by atoms with E-state index in [1.807, 2.05) is 17.1 Å². The number of aromatic nitrogens is 2. The number of methoxy groups -OCH3 is 1. The van der Waals surface area contributed by atoms with Crippen LogP contribution >= 0.6 is 0 Å².